The van der Waals surface area contributed by atoms with Crippen molar-refractivity contribution < 1.29 is 27.7 Å². The average Bonchev–Trinajstić information content (AvgIpc) is 2.43. The van der Waals surface area contributed by atoms with Crippen molar-refractivity contribution in [1.29, 1.82) is 0 Å². The molecule has 110 valence electrons. The number of rotatable bonds is 6. The van der Waals surface area contributed by atoms with Crippen LogP contribution in [0.25, 0.3) is 0 Å². The van der Waals surface area contributed by atoms with Gasteiger partial charge < -0.3 is 4.74 Å². The lowest BCUT2D eigenvalue weighted by molar-refractivity contribution is -0.384. The molecule has 0 radical (unpaired) electrons. The second kappa shape index (κ2) is 6.41. The number of hydrogen-bond acceptors (Lipinski definition) is 7. The molecule has 0 aliphatic heterocycles. The van der Waals surface area contributed by atoms with Gasteiger partial charge >= 0.3 is 5.97 Å². The summed E-state index contributed by atoms with van der Waals surface area (Å²) >= 11 is 0. The molecule has 20 heavy (non-hydrogen) atoms. The third-order valence-electron chi connectivity index (χ3n) is 2.18. The number of nitro groups is 1. The largest absolute Gasteiger partial charge is 0.465 e. The molecule has 0 saturated heterocycles. The minimum Gasteiger partial charge on any atom is -0.465 e. The van der Waals surface area contributed by atoms with Gasteiger partial charge in [-0.25, -0.2) is 13.2 Å². The van der Waals surface area contributed by atoms with E-state index in [1.54, 1.807) is 11.8 Å². The van der Waals surface area contributed by atoms with E-state index in [1.807, 2.05) is 0 Å². The zero-order valence-corrected chi connectivity index (χ0v) is 11.5. The van der Waals surface area contributed by atoms with E-state index in [-0.39, 0.29) is 6.61 Å². The summed E-state index contributed by atoms with van der Waals surface area (Å²) in [5, 5.41) is 10.7. The molecule has 0 fully saturated rings. The fourth-order valence-electron chi connectivity index (χ4n) is 1.32. The number of sulfonamides is 1. The van der Waals surface area contributed by atoms with Gasteiger partial charge in [0.05, 0.1) is 29.1 Å². The molecule has 1 rings (SSSR count). The number of benzene rings is 1. The third-order valence-corrected chi connectivity index (χ3v) is 3.45. The number of nitrogens with one attached hydrogen (secondary N) is 1. The Hall–Kier alpha value is -2.04. The van der Waals surface area contributed by atoms with Crippen LogP contribution < -0.4 is 4.89 Å². The Labute approximate surface area is 114 Å². The van der Waals surface area contributed by atoms with Gasteiger partial charge in [-0.15, -0.1) is 0 Å². The maximum Gasteiger partial charge on any atom is 0.339 e. The normalized spacial score (nSPS) is 11.1. The predicted octanol–water partition coefficient (Wildman–Crippen LogP) is 0.611. The number of carbonyl (C=O) groups excluding carboxylic acids is 1. The fraction of sp³-hybridized carbons (Fsp3) is 0.300. The Morgan fingerprint density at radius 1 is 1.45 bits per heavy atom. The van der Waals surface area contributed by atoms with Crippen molar-refractivity contribution in [3.05, 3.63) is 33.9 Å². The van der Waals surface area contributed by atoms with E-state index >= 15 is 0 Å². The molecule has 0 aromatic heterocycles. The summed E-state index contributed by atoms with van der Waals surface area (Å²) in [6.45, 7) is 1.62. The van der Waals surface area contributed by atoms with Gasteiger partial charge in [0.1, 0.15) is 0 Å². The van der Waals surface area contributed by atoms with Crippen molar-refractivity contribution in [2.45, 2.75) is 11.8 Å². The molecule has 0 aliphatic rings. The first-order chi connectivity index (χ1) is 9.33. The molecule has 0 heterocycles. The Balaban J connectivity index is 3.39. The van der Waals surface area contributed by atoms with E-state index in [4.69, 9.17) is 0 Å². The zero-order chi connectivity index (χ0) is 15.3. The predicted molar refractivity (Wildman–Crippen MR) is 66.4 cm³/mol. The van der Waals surface area contributed by atoms with Crippen LogP contribution in [0.1, 0.15) is 17.3 Å². The average molecular weight is 304 g/mol. The fourth-order valence-corrected chi connectivity index (χ4v) is 2.36. The van der Waals surface area contributed by atoms with Gasteiger partial charge in [0, 0.05) is 12.1 Å². The topological polar surface area (TPSA) is 125 Å². The molecular formula is C10H12N2O7S. The number of non-ortho nitro benzene ring substituents is 1. The maximum atomic E-state index is 11.9. The lowest BCUT2D eigenvalue weighted by atomic mass is 10.2. The van der Waals surface area contributed by atoms with Crippen molar-refractivity contribution in [1.82, 2.24) is 4.89 Å². The number of ether oxygens (including phenoxy) is 1. The first-order valence-corrected chi connectivity index (χ1v) is 6.82. The molecule has 1 N–H and O–H groups in total. The maximum absolute atomic E-state index is 11.9. The molecule has 0 aliphatic carbocycles. The molecule has 0 bridgehead atoms. The van der Waals surface area contributed by atoms with Gasteiger partial charge in [-0.05, 0) is 13.0 Å². The van der Waals surface area contributed by atoms with Crippen LogP contribution in [0.3, 0.4) is 0 Å². The Kier molecular flexibility index (Phi) is 5.13. The van der Waals surface area contributed by atoms with Gasteiger partial charge in [-0.3, -0.25) is 15.0 Å². The van der Waals surface area contributed by atoms with Crippen molar-refractivity contribution in [2.24, 2.45) is 0 Å². The minimum absolute atomic E-state index is 0.0692. The molecule has 0 spiro atoms. The van der Waals surface area contributed by atoms with E-state index in [0.29, 0.717) is 0 Å². The highest BCUT2D eigenvalue weighted by molar-refractivity contribution is 7.89. The molecule has 0 saturated carbocycles. The highest BCUT2D eigenvalue weighted by Gasteiger charge is 2.26. The Bertz CT molecular complexity index is 626. The molecule has 0 unspecified atom stereocenters. The van der Waals surface area contributed by atoms with Crippen molar-refractivity contribution >= 4 is 21.7 Å². The molecule has 1 aromatic carbocycles. The number of hydrogen-bond donors (Lipinski definition) is 1. The summed E-state index contributed by atoms with van der Waals surface area (Å²) in [6.07, 6.45) is 0. The van der Waals surface area contributed by atoms with E-state index in [1.165, 1.54) is 0 Å². The summed E-state index contributed by atoms with van der Waals surface area (Å²) in [5.41, 5.74) is -0.880. The minimum atomic E-state index is -4.15. The van der Waals surface area contributed by atoms with Crippen molar-refractivity contribution in [3.63, 3.8) is 0 Å². The summed E-state index contributed by atoms with van der Waals surface area (Å²) in [7, 11) is -3.11. The molecule has 10 heteroatoms. The highest BCUT2D eigenvalue weighted by atomic mass is 32.2. The molecular weight excluding hydrogens is 292 g/mol. The summed E-state index contributed by atoms with van der Waals surface area (Å²) in [4.78, 5) is 27.4. The van der Waals surface area contributed by atoms with Crippen LogP contribution in [0, 0.1) is 10.1 Å². The lowest BCUT2D eigenvalue weighted by Crippen LogP contribution is -2.26. The van der Waals surface area contributed by atoms with Gasteiger partial charge in [-0.2, -0.15) is 0 Å². The summed E-state index contributed by atoms with van der Waals surface area (Å²) in [5.74, 6) is -1.01. The molecule has 1 aromatic rings. The first kappa shape index (κ1) is 16.0. The van der Waals surface area contributed by atoms with E-state index in [9.17, 15) is 23.3 Å². The van der Waals surface area contributed by atoms with Gasteiger partial charge in [-0.1, -0.05) is 4.89 Å². The van der Waals surface area contributed by atoms with E-state index in [0.717, 1.165) is 25.3 Å². The quantitative estimate of drug-likeness (QED) is 0.463. The zero-order valence-electron chi connectivity index (χ0n) is 10.7. The van der Waals surface area contributed by atoms with Gasteiger partial charge in [0.2, 0.25) is 0 Å². The number of methoxy groups -OCH3 is 1. The summed E-state index contributed by atoms with van der Waals surface area (Å²) < 4.78 is 28.2. The Morgan fingerprint density at radius 2 is 2.10 bits per heavy atom. The van der Waals surface area contributed by atoms with Crippen LogP contribution in [0.15, 0.2) is 23.1 Å². The van der Waals surface area contributed by atoms with Gasteiger partial charge in [0.25, 0.3) is 15.7 Å². The summed E-state index contributed by atoms with van der Waals surface area (Å²) in [6, 6.07) is 2.73. The van der Waals surface area contributed by atoms with Crippen LogP contribution >= 0.6 is 0 Å². The van der Waals surface area contributed by atoms with Crippen LogP contribution in [0.5, 0.6) is 0 Å². The van der Waals surface area contributed by atoms with E-state index < -0.39 is 37.1 Å². The second-order valence-corrected chi connectivity index (χ2v) is 5.06. The van der Waals surface area contributed by atoms with Gasteiger partial charge in [0.15, 0.2) is 0 Å². The number of esters is 1. The van der Waals surface area contributed by atoms with Crippen LogP contribution in [-0.2, 0) is 19.6 Å². The van der Waals surface area contributed by atoms with E-state index in [2.05, 4.69) is 9.57 Å². The first-order valence-electron chi connectivity index (χ1n) is 5.33. The molecule has 9 nitrogen and oxygen atoms in total. The number of nitrogens with zero attached hydrogens (tertiary/aromatic N) is 1. The van der Waals surface area contributed by atoms with Crippen molar-refractivity contribution in [2.75, 3.05) is 13.7 Å². The Morgan fingerprint density at radius 3 is 2.60 bits per heavy atom. The highest BCUT2D eigenvalue weighted by Crippen LogP contribution is 2.22. The lowest BCUT2D eigenvalue weighted by Gasteiger charge is -2.09. The van der Waals surface area contributed by atoms with Crippen LogP contribution in [-0.4, -0.2) is 33.0 Å². The number of carbonyl (C=O) groups is 1. The third kappa shape index (κ3) is 3.50. The molecule has 0 atom stereocenters. The van der Waals surface area contributed by atoms with Crippen molar-refractivity contribution in [3.8, 4) is 0 Å². The SMILES string of the molecule is CCONS(=O)(=O)c1ccc([N+](=O)[O-])cc1C(=O)OC. The number of nitro benzene ring substituents is 1. The monoisotopic (exact) mass is 304 g/mol. The smallest absolute Gasteiger partial charge is 0.339 e. The standard InChI is InChI=1S/C10H12N2O7S/c1-3-19-11-20(16,17)9-5-4-7(12(14)15)6-8(9)10(13)18-2/h4-6,11H,3H2,1-2H3. The second-order valence-electron chi connectivity index (χ2n) is 3.45. The van der Waals surface area contributed by atoms with Crippen LogP contribution in [0.2, 0.25) is 0 Å². The molecule has 0 amide bonds. The van der Waals surface area contributed by atoms with Crippen LogP contribution in [0.4, 0.5) is 5.69 Å².